The van der Waals surface area contributed by atoms with E-state index >= 15 is 0 Å². The molecule has 1 aromatic rings. The van der Waals surface area contributed by atoms with Gasteiger partial charge in [-0.05, 0) is 25.3 Å². The average Bonchev–Trinajstić information content (AvgIpc) is 2.56. The summed E-state index contributed by atoms with van der Waals surface area (Å²) in [6, 6.07) is 1.98. The van der Waals surface area contributed by atoms with Crippen LogP contribution < -0.4 is 4.90 Å². The van der Waals surface area contributed by atoms with Crippen LogP contribution in [0.5, 0.6) is 0 Å². The maximum atomic E-state index is 12.4. The predicted molar refractivity (Wildman–Crippen MR) is 77.0 cm³/mol. The highest BCUT2D eigenvalue weighted by molar-refractivity contribution is 5.94. The van der Waals surface area contributed by atoms with E-state index in [0.29, 0.717) is 31.9 Å². The zero-order valence-corrected chi connectivity index (χ0v) is 11.8. The molecule has 0 atom stereocenters. The van der Waals surface area contributed by atoms with Crippen LogP contribution in [0.1, 0.15) is 29.6 Å². The Labute approximate surface area is 119 Å². The van der Waals surface area contributed by atoms with Crippen molar-refractivity contribution >= 4 is 11.6 Å². The van der Waals surface area contributed by atoms with Gasteiger partial charge in [-0.2, -0.15) is 0 Å². The van der Waals surface area contributed by atoms with E-state index in [1.165, 1.54) is 19.3 Å². The molecule has 0 saturated carbocycles. The molecule has 1 aromatic heterocycles. The molecule has 108 valence electrons. The second-order valence-corrected chi connectivity index (χ2v) is 5.38. The fourth-order valence-electron chi connectivity index (χ4n) is 2.82. The van der Waals surface area contributed by atoms with Crippen LogP contribution in [0.15, 0.2) is 18.5 Å². The Kier molecular flexibility index (Phi) is 4.16. The van der Waals surface area contributed by atoms with Crippen LogP contribution >= 0.6 is 0 Å². The molecule has 5 nitrogen and oxygen atoms in total. The molecule has 0 N–H and O–H groups in total. The fraction of sp³-hybridized carbons (Fsp3) is 0.600. The van der Waals surface area contributed by atoms with Crippen molar-refractivity contribution in [2.45, 2.75) is 19.3 Å². The number of amides is 1. The lowest BCUT2D eigenvalue weighted by molar-refractivity contribution is 0.0302. The van der Waals surface area contributed by atoms with E-state index in [-0.39, 0.29) is 5.91 Å². The van der Waals surface area contributed by atoms with Gasteiger partial charge >= 0.3 is 0 Å². The number of carbonyl (C=O) groups is 1. The topological polar surface area (TPSA) is 45.7 Å². The molecule has 0 radical (unpaired) electrons. The molecule has 2 fully saturated rings. The largest absolute Gasteiger partial charge is 0.378 e. The number of hydrogen-bond donors (Lipinski definition) is 0. The van der Waals surface area contributed by atoms with Crippen molar-refractivity contribution < 1.29 is 9.53 Å². The summed E-state index contributed by atoms with van der Waals surface area (Å²) in [7, 11) is 0. The van der Waals surface area contributed by atoms with Gasteiger partial charge in [0.05, 0.1) is 30.7 Å². The second kappa shape index (κ2) is 6.22. The van der Waals surface area contributed by atoms with Gasteiger partial charge in [0.2, 0.25) is 0 Å². The van der Waals surface area contributed by atoms with Crippen molar-refractivity contribution in [2.75, 3.05) is 44.3 Å². The van der Waals surface area contributed by atoms with Crippen LogP contribution in [0.4, 0.5) is 5.69 Å². The van der Waals surface area contributed by atoms with E-state index in [4.69, 9.17) is 4.74 Å². The van der Waals surface area contributed by atoms with Crippen molar-refractivity contribution in [3.8, 4) is 0 Å². The molecular formula is C15H21N3O2. The normalized spacial score (nSPS) is 20.0. The summed E-state index contributed by atoms with van der Waals surface area (Å²) < 4.78 is 5.29. The number of morpholine rings is 1. The third-order valence-electron chi connectivity index (χ3n) is 3.99. The zero-order chi connectivity index (χ0) is 13.8. The average molecular weight is 275 g/mol. The maximum Gasteiger partial charge on any atom is 0.255 e. The Morgan fingerprint density at radius 3 is 2.55 bits per heavy atom. The number of nitrogens with zero attached hydrogens (tertiary/aromatic N) is 3. The molecule has 0 unspecified atom stereocenters. The van der Waals surface area contributed by atoms with E-state index in [9.17, 15) is 4.79 Å². The van der Waals surface area contributed by atoms with Gasteiger partial charge < -0.3 is 14.5 Å². The third-order valence-corrected chi connectivity index (χ3v) is 3.99. The zero-order valence-electron chi connectivity index (χ0n) is 11.8. The van der Waals surface area contributed by atoms with Gasteiger partial charge in [0.25, 0.3) is 5.91 Å². The van der Waals surface area contributed by atoms with Crippen molar-refractivity contribution in [3.05, 3.63) is 24.0 Å². The number of ether oxygens (including phenoxy) is 1. The van der Waals surface area contributed by atoms with Gasteiger partial charge in [-0.1, -0.05) is 0 Å². The minimum Gasteiger partial charge on any atom is -0.378 e. The van der Waals surface area contributed by atoms with Crippen molar-refractivity contribution in [1.29, 1.82) is 0 Å². The Hall–Kier alpha value is -1.62. The van der Waals surface area contributed by atoms with Crippen LogP contribution in [0, 0.1) is 0 Å². The summed E-state index contributed by atoms with van der Waals surface area (Å²) in [6.45, 7) is 4.74. The van der Waals surface area contributed by atoms with Crippen LogP contribution in [0.3, 0.4) is 0 Å². The third kappa shape index (κ3) is 2.93. The van der Waals surface area contributed by atoms with Crippen molar-refractivity contribution in [3.63, 3.8) is 0 Å². The summed E-state index contributed by atoms with van der Waals surface area (Å²) in [4.78, 5) is 20.9. The highest BCUT2D eigenvalue weighted by Crippen LogP contribution is 2.20. The Balaban J connectivity index is 1.74. The second-order valence-electron chi connectivity index (χ2n) is 5.38. The van der Waals surface area contributed by atoms with Crippen LogP contribution in [0.2, 0.25) is 0 Å². The number of piperidine rings is 1. The van der Waals surface area contributed by atoms with Gasteiger partial charge in [-0.25, -0.2) is 0 Å². The minimum atomic E-state index is 0.0691. The Bertz CT molecular complexity index is 466. The molecule has 2 saturated heterocycles. The number of hydrogen-bond acceptors (Lipinski definition) is 4. The van der Waals surface area contributed by atoms with Gasteiger partial charge in [-0.3, -0.25) is 9.78 Å². The van der Waals surface area contributed by atoms with Gasteiger partial charge in [0.15, 0.2) is 0 Å². The summed E-state index contributed by atoms with van der Waals surface area (Å²) >= 11 is 0. The lowest BCUT2D eigenvalue weighted by atomic mass is 10.1. The highest BCUT2D eigenvalue weighted by atomic mass is 16.5. The quantitative estimate of drug-likeness (QED) is 0.821. The maximum absolute atomic E-state index is 12.4. The van der Waals surface area contributed by atoms with Gasteiger partial charge in [0.1, 0.15) is 0 Å². The summed E-state index contributed by atoms with van der Waals surface area (Å²) in [5.74, 6) is 0.0691. The van der Waals surface area contributed by atoms with Crippen LogP contribution in [-0.4, -0.2) is 55.2 Å². The first kappa shape index (κ1) is 13.4. The lowest BCUT2D eigenvalue weighted by Crippen LogP contribution is -2.40. The number of carbonyl (C=O) groups excluding carboxylic acids is 1. The number of pyridine rings is 1. The van der Waals surface area contributed by atoms with E-state index in [1.807, 2.05) is 17.2 Å². The smallest absolute Gasteiger partial charge is 0.255 e. The molecule has 1 amide bonds. The number of anilines is 1. The first-order valence-corrected chi connectivity index (χ1v) is 7.41. The molecule has 0 bridgehead atoms. The fourth-order valence-corrected chi connectivity index (χ4v) is 2.82. The first-order valence-electron chi connectivity index (χ1n) is 7.41. The van der Waals surface area contributed by atoms with Crippen LogP contribution in [0.25, 0.3) is 0 Å². The highest BCUT2D eigenvalue weighted by Gasteiger charge is 2.20. The molecule has 2 aliphatic rings. The van der Waals surface area contributed by atoms with Gasteiger partial charge in [-0.15, -0.1) is 0 Å². The molecule has 2 aliphatic heterocycles. The SMILES string of the molecule is O=C(c1cncc(N2CCCCC2)c1)N1CCOCC1. The van der Waals surface area contributed by atoms with Gasteiger partial charge in [0, 0.05) is 32.4 Å². The van der Waals surface area contributed by atoms with Crippen LogP contribution in [-0.2, 0) is 4.74 Å². The van der Waals surface area contributed by atoms with Crippen molar-refractivity contribution in [2.24, 2.45) is 0 Å². The molecule has 5 heteroatoms. The standard InChI is InChI=1S/C15H21N3O2/c19-15(18-6-8-20-9-7-18)13-10-14(12-16-11-13)17-4-2-1-3-5-17/h10-12H,1-9H2. The Morgan fingerprint density at radius 1 is 1.05 bits per heavy atom. The minimum absolute atomic E-state index is 0.0691. The summed E-state index contributed by atoms with van der Waals surface area (Å²) in [6.07, 6.45) is 7.28. The monoisotopic (exact) mass is 275 g/mol. The van der Waals surface area contributed by atoms with Crippen molar-refractivity contribution in [1.82, 2.24) is 9.88 Å². The predicted octanol–water partition coefficient (Wildman–Crippen LogP) is 1.54. The van der Waals surface area contributed by atoms with E-state index < -0.39 is 0 Å². The Morgan fingerprint density at radius 2 is 1.80 bits per heavy atom. The number of aromatic nitrogens is 1. The molecular weight excluding hydrogens is 254 g/mol. The first-order chi connectivity index (χ1) is 9.84. The molecule has 0 aliphatic carbocycles. The number of rotatable bonds is 2. The summed E-state index contributed by atoms with van der Waals surface area (Å²) in [5, 5.41) is 0. The molecule has 0 aromatic carbocycles. The molecule has 0 spiro atoms. The lowest BCUT2D eigenvalue weighted by Gasteiger charge is -2.29. The molecule has 3 rings (SSSR count). The molecule has 20 heavy (non-hydrogen) atoms. The van der Waals surface area contributed by atoms with E-state index in [0.717, 1.165) is 18.8 Å². The van der Waals surface area contributed by atoms with E-state index in [2.05, 4.69) is 9.88 Å². The van der Waals surface area contributed by atoms with E-state index in [1.54, 1.807) is 6.20 Å². The molecule has 3 heterocycles. The summed E-state index contributed by atoms with van der Waals surface area (Å²) in [5.41, 5.74) is 1.76.